The number of pyridine rings is 2. The molecule has 4 aromatic rings. The van der Waals surface area contributed by atoms with Gasteiger partial charge in [-0.25, -0.2) is 4.79 Å². The highest BCUT2D eigenvalue weighted by Crippen LogP contribution is 2.29. The first kappa shape index (κ1) is 31.6. The van der Waals surface area contributed by atoms with Gasteiger partial charge in [-0.15, -0.1) is 0 Å². The molecule has 0 saturated heterocycles. The molecule has 0 aliphatic heterocycles. The summed E-state index contributed by atoms with van der Waals surface area (Å²) < 4.78 is 67.2. The SMILES string of the molecule is O=C(NC1CCCc2ccccc21)c1n2ccccc2c[n+]1-c1ccncc1.O=C(O)C(F)(F)F.O=C([O-])C(F)(F)F. The number of carbonyl (C=O) groups excluding carboxylic acids is 2. The summed E-state index contributed by atoms with van der Waals surface area (Å²) in [6.07, 6.45) is 0.236. The molecule has 1 atom stereocenters. The van der Waals surface area contributed by atoms with Crippen LogP contribution in [0, 0.1) is 0 Å². The molecule has 3 aromatic heterocycles. The molecular formula is C27H22F6N4O5. The van der Waals surface area contributed by atoms with Crippen LogP contribution in [0.4, 0.5) is 26.3 Å². The summed E-state index contributed by atoms with van der Waals surface area (Å²) in [7, 11) is 0. The van der Waals surface area contributed by atoms with Gasteiger partial charge in [-0.2, -0.15) is 35.3 Å². The Kier molecular flexibility index (Phi) is 9.88. The summed E-state index contributed by atoms with van der Waals surface area (Å²) in [5, 5.41) is 19.2. The van der Waals surface area contributed by atoms with Crippen LogP contribution in [0.15, 0.2) is 79.4 Å². The molecule has 1 aliphatic rings. The third kappa shape index (κ3) is 8.05. The van der Waals surface area contributed by atoms with E-state index in [2.05, 4.69) is 28.5 Å². The molecule has 1 aromatic carbocycles. The van der Waals surface area contributed by atoms with E-state index in [1.807, 2.05) is 57.8 Å². The lowest BCUT2D eigenvalue weighted by Gasteiger charge is -2.25. The molecule has 9 nitrogen and oxygen atoms in total. The molecule has 2 N–H and O–H groups in total. The Bertz CT molecular complexity index is 1530. The number of carboxylic acids is 2. The second-order valence-electron chi connectivity index (χ2n) is 8.73. The first-order valence-corrected chi connectivity index (χ1v) is 12.1. The maximum Gasteiger partial charge on any atom is 0.490 e. The Hall–Kier alpha value is -4.95. The van der Waals surface area contributed by atoms with Crippen LogP contribution in [-0.2, 0) is 16.0 Å². The number of amides is 1. The van der Waals surface area contributed by atoms with Crippen LogP contribution in [0.25, 0.3) is 11.2 Å². The number of rotatable bonds is 3. The maximum atomic E-state index is 13.4. The zero-order valence-corrected chi connectivity index (χ0v) is 21.4. The monoisotopic (exact) mass is 596 g/mol. The van der Waals surface area contributed by atoms with Crippen LogP contribution in [0.3, 0.4) is 0 Å². The van der Waals surface area contributed by atoms with Crippen molar-refractivity contribution in [3.8, 4) is 5.69 Å². The number of nitrogens with zero attached hydrogens (tertiary/aromatic N) is 3. The number of aryl methyl sites for hydroxylation is 1. The molecule has 1 amide bonds. The van der Waals surface area contributed by atoms with Gasteiger partial charge in [0.05, 0.1) is 12.2 Å². The molecule has 3 heterocycles. The second kappa shape index (κ2) is 13.1. The molecule has 42 heavy (non-hydrogen) atoms. The molecular weight excluding hydrogens is 574 g/mol. The molecule has 0 bridgehead atoms. The van der Waals surface area contributed by atoms with E-state index in [1.54, 1.807) is 12.4 Å². The van der Waals surface area contributed by atoms with Crippen molar-refractivity contribution in [1.29, 1.82) is 0 Å². The number of hydrogen-bond donors (Lipinski definition) is 2. The van der Waals surface area contributed by atoms with Crippen LogP contribution < -0.4 is 15.0 Å². The van der Waals surface area contributed by atoms with E-state index < -0.39 is 24.3 Å². The first-order valence-electron chi connectivity index (χ1n) is 12.1. The van der Waals surface area contributed by atoms with Crippen LogP contribution in [0.1, 0.15) is 40.6 Å². The van der Waals surface area contributed by atoms with Crippen molar-refractivity contribution >= 4 is 23.4 Å². The Morgan fingerprint density at radius 3 is 2.14 bits per heavy atom. The summed E-state index contributed by atoms with van der Waals surface area (Å²) >= 11 is 0. The molecule has 222 valence electrons. The molecule has 5 rings (SSSR count). The molecule has 1 aliphatic carbocycles. The zero-order chi connectivity index (χ0) is 31.1. The summed E-state index contributed by atoms with van der Waals surface area (Å²) in [5.74, 6) is -5.26. The highest BCUT2D eigenvalue weighted by molar-refractivity contribution is 5.91. The Morgan fingerprint density at radius 1 is 0.952 bits per heavy atom. The number of carbonyl (C=O) groups is 3. The number of imidazole rings is 1. The lowest BCUT2D eigenvalue weighted by atomic mass is 9.88. The Labute approximate surface area is 233 Å². The topological polar surface area (TPSA) is 128 Å². The highest BCUT2D eigenvalue weighted by Gasteiger charge is 2.38. The third-order valence-corrected chi connectivity index (χ3v) is 5.90. The number of halogens is 6. The quantitative estimate of drug-likeness (QED) is 0.276. The number of benzene rings is 1. The van der Waals surface area contributed by atoms with Gasteiger partial charge in [0.1, 0.15) is 17.9 Å². The molecule has 1 unspecified atom stereocenters. The number of nitrogens with one attached hydrogen (secondary N) is 1. The van der Waals surface area contributed by atoms with E-state index in [0.29, 0.717) is 5.82 Å². The van der Waals surface area contributed by atoms with Gasteiger partial charge < -0.3 is 20.3 Å². The van der Waals surface area contributed by atoms with Gasteiger partial charge in [0.15, 0.2) is 5.52 Å². The van der Waals surface area contributed by atoms with E-state index in [1.165, 1.54) is 11.1 Å². The summed E-state index contributed by atoms with van der Waals surface area (Å²) in [5.41, 5.74) is 4.45. The van der Waals surface area contributed by atoms with E-state index in [9.17, 15) is 31.1 Å². The molecule has 0 spiro atoms. The average molecular weight is 596 g/mol. The summed E-state index contributed by atoms with van der Waals surface area (Å²) in [6, 6.07) is 18.2. The standard InChI is InChI=1S/C23H20N4O.2C2HF3O2/c28-22(25-21-10-5-7-17-6-1-2-9-20(17)21)23-26-15-4-3-8-19(26)16-27(23)18-11-13-24-14-12-18;2*3-2(4,5)1(6)7/h1-4,6,8-9,11-16,21H,5,7,10H2;2*(H,6,7). The van der Waals surface area contributed by atoms with Crippen molar-refractivity contribution in [2.45, 2.75) is 37.7 Å². The minimum absolute atomic E-state index is 0.0394. The molecule has 0 saturated carbocycles. The van der Waals surface area contributed by atoms with Crippen molar-refractivity contribution in [2.24, 2.45) is 0 Å². The van der Waals surface area contributed by atoms with E-state index in [0.717, 1.165) is 30.5 Å². The normalized spacial score (nSPS) is 14.4. The van der Waals surface area contributed by atoms with Crippen LogP contribution >= 0.6 is 0 Å². The van der Waals surface area contributed by atoms with Gasteiger partial charge in [-0.3, -0.25) is 9.78 Å². The Balaban J connectivity index is 0.000000289. The fourth-order valence-corrected chi connectivity index (χ4v) is 4.11. The lowest BCUT2D eigenvalue weighted by Crippen LogP contribution is -2.42. The van der Waals surface area contributed by atoms with Gasteiger partial charge >= 0.3 is 30.1 Å². The number of carboxylic acid groups (broad SMARTS) is 2. The van der Waals surface area contributed by atoms with Crippen molar-refractivity contribution < 1.29 is 55.5 Å². The molecule has 0 radical (unpaired) electrons. The molecule has 15 heteroatoms. The van der Waals surface area contributed by atoms with Crippen LogP contribution in [-0.4, -0.2) is 44.7 Å². The predicted octanol–water partition coefficient (Wildman–Crippen LogP) is 3.35. The minimum atomic E-state index is -5.19. The fourth-order valence-electron chi connectivity index (χ4n) is 4.11. The molecule has 0 fully saturated rings. The smallest absolute Gasteiger partial charge is 0.490 e. The minimum Gasteiger partial charge on any atom is -0.542 e. The van der Waals surface area contributed by atoms with Crippen LogP contribution in [0.5, 0.6) is 0 Å². The van der Waals surface area contributed by atoms with Gasteiger partial charge in [-0.05, 0) is 42.5 Å². The lowest BCUT2D eigenvalue weighted by molar-refractivity contribution is -0.596. The van der Waals surface area contributed by atoms with Crippen LogP contribution in [0.2, 0.25) is 0 Å². The average Bonchev–Trinajstić information content (AvgIpc) is 3.33. The number of aromatic nitrogens is 3. The third-order valence-electron chi connectivity index (χ3n) is 5.90. The van der Waals surface area contributed by atoms with Crippen molar-refractivity contribution in [3.05, 3.63) is 96.3 Å². The Morgan fingerprint density at radius 2 is 1.55 bits per heavy atom. The van der Waals surface area contributed by atoms with Crippen molar-refractivity contribution in [1.82, 2.24) is 14.7 Å². The number of hydrogen-bond acceptors (Lipinski definition) is 5. The predicted molar refractivity (Wildman–Crippen MR) is 131 cm³/mol. The number of aliphatic carboxylic acids is 2. The number of fused-ring (bicyclic) bond motifs is 2. The van der Waals surface area contributed by atoms with Crippen molar-refractivity contribution in [3.63, 3.8) is 0 Å². The zero-order valence-electron chi connectivity index (χ0n) is 21.4. The van der Waals surface area contributed by atoms with E-state index in [4.69, 9.17) is 19.8 Å². The number of alkyl halides is 6. The largest absolute Gasteiger partial charge is 0.542 e. The fraction of sp³-hybridized carbons (Fsp3) is 0.222. The van der Waals surface area contributed by atoms with E-state index >= 15 is 0 Å². The first-order chi connectivity index (χ1) is 19.7. The van der Waals surface area contributed by atoms with E-state index in [-0.39, 0.29) is 11.9 Å². The summed E-state index contributed by atoms with van der Waals surface area (Å²) in [4.78, 5) is 35.2. The highest BCUT2D eigenvalue weighted by atomic mass is 19.4. The van der Waals surface area contributed by atoms with Gasteiger partial charge in [0, 0.05) is 24.5 Å². The second-order valence-corrected chi connectivity index (χ2v) is 8.73. The van der Waals surface area contributed by atoms with Gasteiger partial charge in [0.2, 0.25) is 0 Å². The van der Waals surface area contributed by atoms with Gasteiger partial charge in [-0.1, -0.05) is 30.3 Å². The summed E-state index contributed by atoms with van der Waals surface area (Å²) in [6.45, 7) is 0. The van der Waals surface area contributed by atoms with Crippen molar-refractivity contribution in [2.75, 3.05) is 0 Å². The maximum absolute atomic E-state index is 13.4. The van der Waals surface area contributed by atoms with Gasteiger partial charge in [0.25, 0.3) is 0 Å².